The van der Waals surface area contributed by atoms with E-state index in [4.69, 9.17) is 0 Å². The van der Waals surface area contributed by atoms with Gasteiger partial charge in [-0.2, -0.15) is 0 Å². The first kappa shape index (κ1) is 16.0. The molecule has 1 saturated heterocycles. The quantitative estimate of drug-likeness (QED) is 0.864. The monoisotopic (exact) mass is 338 g/mol. The Morgan fingerprint density at radius 3 is 2.65 bits per heavy atom. The molecule has 0 amide bonds. The van der Waals surface area contributed by atoms with Crippen molar-refractivity contribution in [2.24, 2.45) is 5.92 Å². The summed E-state index contributed by atoms with van der Waals surface area (Å²) < 4.78 is 1.15. The Bertz CT molecular complexity index is 404. The van der Waals surface area contributed by atoms with Gasteiger partial charge in [0.05, 0.1) is 0 Å². The largest absolute Gasteiger partial charge is 0.313 e. The van der Waals surface area contributed by atoms with Crippen LogP contribution in [0.1, 0.15) is 44.7 Å². The molecule has 0 spiro atoms. The minimum atomic E-state index is 0.451. The van der Waals surface area contributed by atoms with E-state index in [2.05, 4.69) is 71.3 Å². The van der Waals surface area contributed by atoms with Crippen LogP contribution in [0.3, 0.4) is 0 Å². The van der Waals surface area contributed by atoms with Crippen LogP contribution in [0, 0.1) is 5.92 Å². The third-order valence-corrected chi connectivity index (χ3v) is 5.36. The molecule has 1 aliphatic heterocycles. The van der Waals surface area contributed by atoms with E-state index in [0.717, 1.165) is 16.4 Å². The lowest BCUT2D eigenvalue weighted by Crippen LogP contribution is -2.43. The fraction of sp³-hybridized carbons (Fsp3) is 0.647. The Balaban J connectivity index is 1.92. The molecule has 1 fully saturated rings. The maximum atomic E-state index is 3.50. The van der Waals surface area contributed by atoms with Crippen molar-refractivity contribution in [2.45, 2.75) is 45.2 Å². The van der Waals surface area contributed by atoms with Gasteiger partial charge in [0.25, 0.3) is 0 Å². The number of likely N-dealkylation sites (tertiary alicyclic amines) is 1. The highest BCUT2D eigenvalue weighted by Gasteiger charge is 2.24. The molecule has 0 bridgehead atoms. The predicted molar refractivity (Wildman–Crippen MR) is 90.0 cm³/mol. The summed E-state index contributed by atoms with van der Waals surface area (Å²) in [6, 6.07) is 9.87. The van der Waals surface area contributed by atoms with Gasteiger partial charge in [0.1, 0.15) is 0 Å². The predicted octanol–water partition coefficient (Wildman–Crippen LogP) is 4.22. The van der Waals surface area contributed by atoms with Crippen molar-refractivity contribution in [3.05, 3.63) is 34.3 Å². The van der Waals surface area contributed by atoms with Gasteiger partial charge in [0, 0.05) is 23.1 Å². The molecular formula is C17H27BrN2. The number of piperidine rings is 1. The lowest BCUT2D eigenvalue weighted by Gasteiger charge is -2.38. The van der Waals surface area contributed by atoms with E-state index < -0.39 is 0 Å². The first-order valence-electron chi connectivity index (χ1n) is 7.78. The molecule has 0 radical (unpaired) electrons. The Kier molecular flexibility index (Phi) is 6.06. The highest BCUT2D eigenvalue weighted by molar-refractivity contribution is 9.10. The average molecular weight is 339 g/mol. The highest BCUT2D eigenvalue weighted by Crippen LogP contribution is 2.25. The van der Waals surface area contributed by atoms with E-state index in [9.17, 15) is 0 Å². The van der Waals surface area contributed by atoms with Crippen LogP contribution in [0.25, 0.3) is 0 Å². The lowest BCUT2D eigenvalue weighted by molar-refractivity contribution is 0.109. The normalized spacial score (nSPS) is 25.6. The lowest BCUT2D eigenvalue weighted by atomic mass is 9.91. The van der Waals surface area contributed by atoms with Crippen molar-refractivity contribution in [1.29, 1.82) is 0 Å². The summed E-state index contributed by atoms with van der Waals surface area (Å²) in [7, 11) is 2.06. The van der Waals surface area contributed by atoms with E-state index in [1.54, 1.807) is 0 Å². The molecule has 1 aromatic carbocycles. The van der Waals surface area contributed by atoms with Crippen molar-refractivity contribution >= 4 is 15.9 Å². The van der Waals surface area contributed by atoms with E-state index in [1.807, 2.05) is 0 Å². The number of nitrogens with zero attached hydrogens (tertiary/aromatic N) is 1. The molecule has 112 valence electrons. The molecular weight excluding hydrogens is 312 g/mol. The van der Waals surface area contributed by atoms with Gasteiger partial charge in [-0.3, -0.25) is 0 Å². The van der Waals surface area contributed by atoms with Gasteiger partial charge in [0.2, 0.25) is 0 Å². The summed E-state index contributed by atoms with van der Waals surface area (Å²) in [5.41, 5.74) is 1.38. The van der Waals surface area contributed by atoms with Crippen LogP contribution in [-0.2, 0) is 0 Å². The number of benzene rings is 1. The maximum Gasteiger partial charge on any atom is 0.0329 e. The summed E-state index contributed by atoms with van der Waals surface area (Å²) in [5, 5.41) is 3.46. The zero-order valence-corrected chi connectivity index (χ0v) is 14.5. The standard InChI is InChI=1S/C17H27BrN2/c1-13-5-4-11-20(14(13)2)12-10-17(19-3)15-6-8-16(18)9-7-15/h6-9,13-14,17,19H,4-5,10-12H2,1-3H3. The molecule has 0 aromatic heterocycles. The molecule has 1 aliphatic rings. The summed E-state index contributed by atoms with van der Waals surface area (Å²) in [4.78, 5) is 2.66. The Labute approximate surface area is 132 Å². The molecule has 1 aromatic rings. The maximum absolute atomic E-state index is 3.50. The summed E-state index contributed by atoms with van der Waals surface area (Å²) in [5.74, 6) is 0.837. The van der Waals surface area contributed by atoms with Crippen LogP contribution >= 0.6 is 15.9 Å². The minimum absolute atomic E-state index is 0.451. The molecule has 2 nitrogen and oxygen atoms in total. The van der Waals surface area contributed by atoms with Gasteiger partial charge in [-0.15, -0.1) is 0 Å². The minimum Gasteiger partial charge on any atom is -0.313 e. The number of nitrogens with one attached hydrogen (secondary N) is 1. The van der Waals surface area contributed by atoms with Crippen LogP contribution in [0.4, 0.5) is 0 Å². The van der Waals surface area contributed by atoms with Gasteiger partial charge in [-0.05, 0) is 63.4 Å². The first-order chi connectivity index (χ1) is 9.61. The van der Waals surface area contributed by atoms with Gasteiger partial charge in [-0.1, -0.05) is 35.0 Å². The molecule has 3 unspecified atom stereocenters. The van der Waals surface area contributed by atoms with Crippen molar-refractivity contribution in [3.8, 4) is 0 Å². The van der Waals surface area contributed by atoms with Gasteiger partial charge in [-0.25, -0.2) is 0 Å². The molecule has 1 N–H and O–H groups in total. The van der Waals surface area contributed by atoms with E-state index in [1.165, 1.54) is 37.9 Å². The van der Waals surface area contributed by atoms with Gasteiger partial charge < -0.3 is 10.2 Å². The van der Waals surface area contributed by atoms with Gasteiger partial charge >= 0.3 is 0 Å². The van der Waals surface area contributed by atoms with Crippen LogP contribution in [0.2, 0.25) is 0 Å². The second kappa shape index (κ2) is 7.58. The number of hydrogen-bond donors (Lipinski definition) is 1. The van der Waals surface area contributed by atoms with Crippen LogP contribution in [0.5, 0.6) is 0 Å². The summed E-state index contributed by atoms with van der Waals surface area (Å²) in [6.07, 6.45) is 3.92. The summed E-state index contributed by atoms with van der Waals surface area (Å²) >= 11 is 3.50. The van der Waals surface area contributed by atoms with Crippen molar-refractivity contribution in [1.82, 2.24) is 10.2 Å². The molecule has 1 heterocycles. The molecule has 3 atom stereocenters. The SMILES string of the molecule is CNC(CCN1CCCC(C)C1C)c1ccc(Br)cc1. The second-order valence-electron chi connectivity index (χ2n) is 6.08. The van der Waals surface area contributed by atoms with Crippen LogP contribution in [0.15, 0.2) is 28.7 Å². The third kappa shape index (κ3) is 4.06. The number of rotatable bonds is 5. The highest BCUT2D eigenvalue weighted by atomic mass is 79.9. The van der Waals surface area contributed by atoms with Gasteiger partial charge in [0.15, 0.2) is 0 Å². The van der Waals surface area contributed by atoms with E-state index in [-0.39, 0.29) is 0 Å². The molecule has 0 aliphatic carbocycles. The summed E-state index contributed by atoms with van der Waals surface area (Å²) in [6.45, 7) is 7.23. The van der Waals surface area contributed by atoms with Crippen molar-refractivity contribution < 1.29 is 0 Å². The van der Waals surface area contributed by atoms with E-state index in [0.29, 0.717) is 6.04 Å². The smallest absolute Gasteiger partial charge is 0.0329 e. The zero-order valence-electron chi connectivity index (χ0n) is 12.9. The molecule has 3 heteroatoms. The Morgan fingerprint density at radius 1 is 1.30 bits per heavy atom. The van der Waals surface area contributed by atoms with E-state index >= 15 is 0 Å². The van der Waals surface area contributed by atoms with Crippen LogP contribution < -0.4 is 5.32 Å². The molecule has 2 rings (SSSR count). The topological polar surface area (TPSA) is 15.3 Å². The zero-order chi connectivity index (χ0) is 14.5. The third-order valence-electron chi connectivity index (χ3n) is 4.83. The fourth-order valence-electron chi connectivity index (χ4n) is 3.20. The average Bonchev–Trinajstić information content (AvgIpc) is 2.45. The number of halogens is 1. The Morgan fingerprint density at radius 2 is 2.00 bits per heavy atom. The number of hydrogen-bond acceptors (Lipinski definition) is 2. The molecule has 20 heavy (non-hydrogen) atoms. The fourth-order valence-corrected chi connectivity index (χ4v) is 3.47. The molecule has 0 saturated carbocycles. The first-order valence-corrected chi connectivity index (χ1v) is 8.58. The Hall–Kier alpha value is -0.380. The second-order valence-corrected chi connectivity index (χ2v) is 6.99. The van der Waals surface area contributed by atoms with Crippen molar-refractivity contribution in [3.63, 3.8) is 0 Å². The van der Waals surface area contributed by atoms with Crippen molar-refractivity contribution in [2.75, 3.05) is 20.1 Å². The van der Waals surface area contributed by atoms with Crippen LogP contribution in [-0.4, -0.2) is 31.1 Å².